The van der Waals surface area contributed by atoms with Crippen LogP contribution in [0.15, 0.2) is 18.2 Å². The number of ether oxygens (including phenoxy) is 1. The third-order valence-electron chi connectivity index (χ3n) is 4.62. The van der Waals surface area contributed by atoms with Crippen LogP contribution in [0.25, 0.3) is 0 Å². The molecule has 0 spiro atoms. The van der Waals surface area contributed by atoms with Crippen LogP contribution in [0.4, 0.5) is 10.1 Å². The molecule has 3 nitrogen and oxygen atoms in total. The van der Waals surface area contributed by atoms with E-state index in [1.807, 2.05) is 0 Å². The van der Waals surface area contributed by atoms with Crippen molar-refractivity contribution in [1.82, 2.24) is 4.90 Å². The van der Waals surface area contributed by atoms with Gasteiger partial charge in [-0.2, -0.15) is 0 Å². The Hall–Kier alpha value is -1.29. The Bertz CT molecular complexity index is 451. The number of nitrogens with zero attached hydrogens (tertiary/aromatic N) is 1. The van der Waals surface area contributed by atoms with Crippen LogP contribution in [0.1, 0.15) is 25.7 Å². The third kappa shape index (κ3) is 2.41. The summed E-state index contributed by atoms with van der Waals surface area (Å²) in [4.78, 5) is 2.51. The standard InChI is InChI=1S/C15H21FN2O/c1-18-12-4-5-13(18)9-11(8-12)17-14-6-3-10(16)7-15(14)19-2/h3,6-7,11-13,17H,4-5,8-9H2,1-2H3. The second kappa shape index (κ2) is 5.00. The van der Waals surface area contributed by atoms with Crippen molar-refractivity contribution in [3.05, 3.63) is 24.0 Å². The average Bonchev–Trinajstić information content (AvgIpc) is 2.64. The van der Waals surface area contributed by atoms with Crippen molar-refractivity contribution in [3.8, 4) is 5.75 Å². The summed E-state index contributed by atoms with van der Waals surface area (Å²) < 4.78 is 18.4. The number of anilines is 1. The zero-order chi connectivity index (χ0) is 13.4. The second-order valence-electron chi connectivity index (χ2n) is 5.71. The summed E-state index contributed by atoms with van der Waals surface area (Å²) in [5, 5.41) is 3.53. The summed E-state index contributed by atoms with van der Waals surface area (Å²) >= 11 is 0. The maximum absolute atomic E-state index is 13.2. The van der Waals surface area contributed by atoms with Crippen LogP contribution < -0.4 is 10.1 Å². The van der Waals surface area contributed by atoms with E-state index in [0.29, 0.717) is 23.9 Å². The number of benzene rings is 1. The predicted octanol–water partition coefficient (Wildman–Crippen LogP) is 2.87. The zero-order valence-electron chi connectivity index (χ0n) is 11.5. The van der Waals surface area contributed by atoms with Gasteiger partial charge in [-0.05, 0) is 44.9 Å². The van der Waals surface area contributed by atoms with Crippen molar-refractivity contribution in [2.45, 2.75) is 43.8 Å². The summed E-state index contributed by atoms with van der Waals surface area (Å²) in [7, 11) is 3.81. The highest BCUT2D eigenvalue weighted by molar-refractivity contribution is 5.57. The van der Waals surface area contributed by atoms with Gasteiger partial charge in [-0.15, -0.1) is 0 Å². The molecule has 2 aliphatic rings. The first kappa shape index (κ1) is 12.7. The molecule has 2 saturated heterocycles. The van der Waals surface area contributed by atoms with Gasteiger partial charge in [-0.3, -0.25) is 0 Å². The fourth-order valence-corrected chi connectivity index (χ4v) is 3.53. The van der Waals surface area contributed by atoms with E-state index in [1.165, 1.54) is 25.0 Å². The minimum atomic E-state index is -0.258. The molecule has 2 heterocycles. The molecule has 2 fully saturated rings. The lowest BCUT2D eigenvalue weighted by atomic mass is 9.97. The molecule has 1 aromatic rings. The summed E-state index contributed by atoms with van der Waals surface area (Å²) in [6.07, 6.45) is 4.93. The molecule has 0 aliphatic carbocycles. The van der Waals surface area contributed by atoms with Gasteiger partial charge in [0.25, 0.3) is 0 Å². The Morgan fingerprint density at radius 3 is 2.58 bits per heavy atom. The molecule has 0 amide bonds. The van der Waals surface area contributed by atoms with E-state index in [9.17, 15) is 4.39 Å². The highest BCUT2D eigenvalue weighted by Gasteiger charge is 2.38. The Labute approximate surface area is 113 Å². The number of halogens is 1. The third-order valence-corrected chi connectivity index (χ3v) is 4.62. The van der Waals surface area contributed by atoms with Gasteiger partial charge >= 0.3 is 0 Å². The SMILES string of the molecule is COc1cc(F)ccc1NC1CC2CCC(C1)N2C. The monoisotopic (exact) mass is 264 g/mol. The number of fused-ring (bicyclic) bond motifs is 2. The average molecular weight is 264 g/mol. The highest BCUT2D eigenvalue weighted by atomic mass is 19.1. The summed E-state index contributed by atoms with van der Waals surface area (Å²) in [5.74, 6) is 0.331. The van der Waals surface area contributed by atoms with E-state index in [2.05, 4.69) is 17.3 Å². The van der Waals surface area contributed by atoms with Gasteiger partial charge in [0, 0.05) is 24.2 Å². The first-order chi connectivity index (χ1) is 9.17. The summed E-state index contributed by atoms with van der Waals surface area (Å²) in [6.45, 7) is 0. The number of nitrogens with one attached hydrogen (secondary N) is 1. The molecule has 2 unspecified atom stereocenters. The van der Waals surface area contributed by atoms with Crippen LogP contribution in [-0.4, -0.2) is 37.2 Å². The Balaban J connectivity index is 1.72. The summed E-state index contributed by atoms with van der Waals surface area (Å²) in [6, 6.07) is 6.55. The van der Waals surface area contributed by atoms with Gasteiger partial charge in [-0.25, -0.2) is 4.39 Å². The van der Waals surface area contributed by atoms with Crippen molar-refractivity contribution in [3.63, 3.8) is 0 Å². The molecule has 4 heteroatoms. The maximum atomic E-state index is 13.2. The molecule has 3 rings (SSSR count). The molecule has 2 aliphatic heterocycles. The summed E-state index contributed by atoms with van der Waals surface area (Å²) in [5.41, 5.74) is 0.901. The quantitative estimate of drug-likeness (QED) is 0.908. The first-order valence-corrected chi connectivity index (χ1v) is 6.99. The van der Waals surface area contributed by atoms with Crippen molar-refractivity contribution >= 4 is 5.69 Å². The van der Waals surface area contributed by atoms with Crippen LogP contribution in [0, 0.1) is 5.82 Å². The lowest BCUT2D eigenvalue weighted by molar-refractivity contribution is 0.169. The molecule has 0 radical (unpaired) electrons. The number of hydrogen-bond donors (Lipinski definition) is 1. The lowest BCUT2D eigenvalue weighted by Gasteiger charge is -2.37. The molecule has 1 aromatic carbocycles. The van der Waals surface area contributed by atoms with E-state index in [-0.39, 0.29) is 5.82 Å². The predicted molar refractivity (Wildman–Crippen MR) is 74.2 cm³/mol. The lowest BCUT2D eigenvalue weighted by Crippen LogP contribution is -2.44. The fourth-order valence-electron chi connectivity index (χ4n) is 3.53. The van der Waals surface area contributed by atoms with Crippen molar-refractivity contribution in [1.29, 1.82) is 0 Å². The minimum absolute atomic E-state index is 0.258. The number of hydrogen-bond acceptors (Lipinski definition) is 3. The first-order valence-electron chi connectivity index (χ1n) is 6.99. The van der Waals surface area contributed by atoms with Gasteiger partial charge in [-0.1, -0.05) is 0 Å². The molecule has 19 heavy (non-hydrogen) atoms. The van der Waals surface area contributed by atoms with Gasteiger partial charge in [0.15, 0.2) is 0 Å². The molecule has 0 aromatic heterocycles. The molecule has 1 N–H and O–H groups in total. The zero-order valence-corrected chi connectivity index (χ0v) is 11.5. The Kier molecular flexibility index (Phi) is 3.35. The molecule has 2 atom stereocenters. The van der Waals surface area contributed by atoms with E-state index < -0.39 is 0 Å². The highest BCUT2D eigenvalue weighted by Crippen LogP contribution is 2.36. The minimum Gasteiger partial charge on any atom is -0.494 e. The van der Waals surface area contributed by atoms with E-state index in [0.717, 1.165) is 18.5 Å². The van der Waals surface area contributed by atoms with E-state index >= 15 is 0 Å². The van der Waals surface area contributed by atoms with Gasteiger partial charge in [0.05, 0.1) is 12.8 Å². The van der Waals surface area contributed by atoms with Gasteiger partial charge < -0.3 is 15.0 Å². The largest absolute Gasteiger partial charge is 0.494 e. The van der Waals surface area contributed by atoms with Crippen molar-refractivity contribution in [2.75, 3.05) is 19.5 Å². The molecule has 0 saturated carbocycles. The topological polar surface area (TPSA) is 24.5 Å². The van der Waals surface area contributed by atoms with Crippen LogP contribution in [0.2, 0.25) is 0 Å². The normalized spacial score (nSPS) is 30.4. The molecular formula is C15H21FN2O. The van der Waals surface area contributed by atoms with E-state index in [1.54, 1.807) is 13.2 Å². The Morgan fingerprint density at radius 2 is 1.95 bits per heavy atom. The van der Waals surface area contributed by atoms with Crippen LogP contribution >= 0.6 is 0 Å². The van der Waals surface area contributed by atoms with Crippen LogP contribution in [-0.2, 0) is 0 Å². The number of methoxy groups -OCH3 is 1. The van der Waals surface area contributed by atoms with Gasteiger partial charge in [0.1, 0.15) is 11.6 Å². The molecule has 104 valence electrons. The van der Waals surface area contributed by atoms with Crippen LogP contribution in [0.3, 0.4) is 0 Å². The van der Waals surface area contributed by atoms with E-state index in [4.69, 9.17) is 4.74 Å². The smallest absolute Gasteiger partial charge is 0.144 e. The second-order valence-corrected chi connectivity index (χ2v) is 5.71. The maximum Gasteiger partial charge on any atom is 0.144 e. The molecular weight excluding hydrogens is 243 g/mol. The van der Waals surface area contributed by atoms with Gasteiger partial charge in [0.2, 0.25) is 0 Å². The van der Waals surface area contributed by atoms with Crippen molar-refractivity contribution < 1.29 is 9.13 Å². The molecule has 2 bridgehead atoms. The number of piperidine rings is 1. The Morgan fingerprint density at radius 1 is 1.26 bits per heavy atom. The number of rotatable bonds is 3. The van der Waals surface area contributed by atoms with Crippen molar-refractivity contribution in [2.24, 2.45) is 0 Å². The van der Waals surface area contributed by atoms with Crippen LogP contribution in [0.5, 0.6) is 5.75 Å². The fraction of sp³-hybridized carbons (Fsp3) is 0.600.